The van der Waals surface area contributed by atoms with E-state index in [1.54, 1.807) is 4.68 Å². The Hall–Kier alpha value is -2.48. The lowest BCUT2D eigenvalue weighted by Crippen LogP contribution is -2.54. The number of rotatable bonds is 5. The molecule has 0 unspecified atom stereocenters. The summed E-state index contributed by atoms with van der Waals surface area (Å²) in [5.41, 5.74) is 0.850. The molecule has 0 radical (unpaired) electrons. The summed E-state index contributed by atoms with van der Waals surface area (Å²) in [6.07, 6.45) is 0.665. The minimum atomic E-state index is -0.344. The molecule has 2 aromatic rings. The molecule has 3 rings (SSSR count). The summed E-state index contributed by atoms with van der Waals surface area (Å²) >= 11 is 0. The van der Waals surface area contributed by atoms with Crippen molar-refractivity contribution in [3.8, 4) is 5.69 Å². The van der Waals surface area contributed by atoms with Crippen molar-refractivity contribution in [1.82, 2.24) is 30.4 Å². The molecule has 1 aliphatic heterocycles. The lowest BCUT2D eigenvalue weighted by atomic mass is 10.1. The monoisotopic (exact) mass is 329 g/mol. The van der Waals surface area contributed by atoms with E-state index in [9.17, 15) is 4.79 Å². The molecular weight excluding hydrogens is 306 g/mol. The number of aromatic nitrogens is 4. The Labute approximate surface area is 141 Å². The Morgan fingerprint density at radius 2 is 2.21 bits per heavy atom. The summed E-state index contributed by atoms with van der Waals surface area (Å²) in [6, 6.07) is 9.59. The van der Waals surface area contributed by atoms with Crippen molar-refractivity contribution in [2.24, 2.45) is 0 Å². The Kier molecular flexibility index (Phi) is 5.05. The van der Waals surface area contributed by atoms with Crippen LogP contribution in [0.5, 0.6) is 0 Å². The fraction of sp³-hybridized carbons (Fsp3) is 0.500. The summed E-state index contributed by atoms with van der Waals surface area (Å²) < 4.78 is 1.61. The summed E-state index contributed by atoms with van der Waals surface area (Å²) in [5, 5.41) is 18.3. The molecule has 1 saturated heterocycles. The van der Waals surface area contributed by atoms with Crippen LogP contribution in [0.15, 0.2) is 30.3 Å². The summed E-state index contributed by atoms with van der Waals surface area (Å²) in [4.78, 5) is 14.7. The molecule has 1 aromatic heterocycles. The molecule has 2 heterocycles. The van der Waals surface area contributed by atoms with Crippen molar-refractivity contribution < 1.29 is 4.79 Å². The number of nitrogens with one attached hydrogen (secondary N) is 2. The molecule has 2 atom stereocenters. The van der Waals surface area contributed by atoms with E-state index in [-0.39, 0.29) is 11.9 Å². The van der Waals surface area contributed by atoms with Gasteiger partial charge in [-0.05, 0) is 35.9 Å². The highest BCUT2D eigenvalue weighted by molar-refractivity contribution is 5.84. The highest BCUT2D eigenvalue weighted by Gasteiger charge is 2.27. The third-order valence-electron chi connectivity index (χ3n) is 4.16. The zero-order chi connectivity index (χ0) is 16.9. The molecule has 8 heteroatoms. The van der Waals surface area contributed by atoms with Gasteiger partial charge in [-0.3, -0.25) is 4.79 Å². The maximum atomic E-state index is 12.8. The van der Waals surface area contributed by atoms with Gasteiger partial charge < -0.3 is 15.5 Å². The summed E-state index contributed by atoms with van der Waals surface area (Å²) in [7, 11) is 0. The lowest BCUT2D eigenvalue weighted by molar-refractivity contribution is -0.133. The van der Waals surface area contributed by atoms with Gasteiger partial charge in [-0.15, -0.1) is 0 Å². The van der Waals surface area contributed by atoms with Crippen molar-refractivity contribution in [1.29, 1.82) is 0 Å². The molecule has 0 bridgehead atoms. The largest absolute Gasteiger partial charge is 0.341 e. The molecule has 0 saturated carbocycles. The minimum absolute atomic E-state index is 0.0912. The number of carbonyl (C=O) groups excluding carboxylic acids is 1. The van der Waals surface area contributed by atoms with Gasteiger partial charge in [0.15, 0.2) is 0 Å². The molecule has 1 fully saturated rings. The molecule has 1 aliphatic rings. The number of hydrogen-bond donors (Lipinski definition) is 2. The first-order valence-electron chi connectivity index (χ1n) is 8.31. The summed E-state index contributed by atoms with van der Waals surface area (Å²) in [5.74, 6) is 0.568. The average Bonchev–Trinajstić information content (AvgIpc) is 3.08. The lowest BCUT2D eigenvalue weighted by Gasteiger charge is -2.34. The highest BCUT2D eigenvalue weighted by atomic mass is 16.2. The zero-order valence-corrected chi connectivity index (χ0v) is 14.0. The molecule has 2 N–H and O–H groups in total. The number of tetrazole rings is 1. The van der Waals surface area contributed by atoms with Crippen molar-refractivity contribution >= 4 is 11.9 Å². The number of para-hydroxylation sites is 1. The summed E-state index contributed by atoms with van der Waals surface area (Å²) in [6.45, 7) is 6.35. The molecule has 128 valence electrons. The van der Waals surface area contributed by atoms with Crippen LogP contribution >= 0.6 is 0 Å². The van der Waals surface area contributed by atoms with E-state index in [1.807, 2.05) is 42.2 Å². The molecule has 1 aromatic carbocycles. The van der Waals surface area contributed by atoms with Crippen LogP contribution in [-0.2, 0) is 4.79 Å². The third kappa shape index (κ3) is 3.53. The molecule has 0 aliphatic carbocycles. The number of amides is 1. The molecule has 0 spiro atoms. The predicted molar refractivity (Wildman–Crippen MR) is 90.9 cm³/mol. The van der Waals surface area contributed by atoms with Crippen molar-refractivity contribution in [3.05, 3.63) is 30.3 Å². The Morgan fingerprint density at radius 3 is 2.92 bits per heavy atom. The fourth-order valence-electron chi connectivity index (χ4n) is 2.87. The quantitative estimate of drug-likeness (QED) is 0.838. The van der Waals surface area contributed by atoms with Gasteiger partial charge in [0.25, 0.3) is 0 Å². The predicted octanol–water partition coefficient (Wildman–Crippen LogP) is 0.673. The van der Waals surface area contributed by atoms with Crippen LogP contribution in [0.2, 0.25) is 0 Å². The maximum Gasteiger partial charge on any atom is 0.248 e. The molecule has 1 amide bonds. The Morgan fingerprint density at radius 1 is 1.42 bits per heavy atom. The highest BCUT2D eigenvalue weighted by Crippen LogP contribution is 2.14. The molecular formula is C16H23N7O. The minimum Gasteiger partial charge on any atom is -0.341 e. The number of benzene rings is 1. The van der Waals surface area contributed by atoms with Gasteiger partial charge in [0.2, 0.25) is 11.9 Å². The van der Waals surface area contributed by atoms with Crippen molar-refractivity contribution in [3.63, 3.8) is 0 Å². The van der Waals surface area contributed by atoms with Gasteiger partial charge in [0.05, 0.1) is 5.69 Å². The zero-order valence-electron chi connectivity index (χ0n) is 14.0. The molecule has 24 heavy (non-hydrogen) atoms. The van der Waals surface area contributed by atoms with Gasteiger partial charge in [-0.2, -0.15) is 4.68 Å². The van der Waals surface area contributed by atoms with Crippen LogP contribution in [0.25, 0.3) is 5.69 Å². The van der Waals surface area contributed by atoms with Crippen LogP contribution in [0.1, 0.15) is 20.3 Å². The average molecular weight is 329 g/mol. The van der Waals surface area contributed by atoms with Gasteiger partial charge in [0, 0.05) is 25.7 Å². The van der Waals surface area contributed by atoms with Crippen LogP contribution in [0, 0.1) is 0 Å². The van der Waals surface area contributed by atoms with Crippen LogP contribution in [0.4, 0.5) is 5.95 Å². The van der Waals surface area contributed by atoms with Crippen molar-refractivity contribution in [2.45, 2.75) is 32.4 Å². The van der Waals surface area contributed by atoms with Crippen LogP contribution in [0.3, 0.4) is 0 Å². The maximum absolute atomic E-state index is 12.8. The van der Waals surface area contributed by atoms with Gasteiger partial charge >= 0.3 is 0 Å². The first-order valence-corrected chi connectivity index (χ1v) is 8.31. The van der Waals surface area contributed by atoms with E-state index in [0.29, 0.717) is 18.4 Å². The fourth-order valence-corrected chi connectivity index (χ4v) is 2.87. The van der Waals surface area contributed by atoms with E-state index in [4.69, 9.17) is 0 Å². The number of anilines is 1. The molecule has 8 nitrogen and oxygen atoms in total. The first-order chi connectivity index (χ1) is 11.7. The Balaban J connectivity index is 1.74. The van der Waals surface area contributed by atoms with Crippen LogP contribution < -0.4 is 10.6 Å². The van der Waals surface area contributed by atoms with Gasteiger partial charge in [-0.1, -0.05) is 30.2 Å². The van der Waals surface area contributed by atoms with E-state index in [1.165, 1.54) is 0 Å². The number of piperazine rings is 1. The van der Waals surface area contributed by atoms with E-state index >= 15 is 0 Å². The first kappa shape index (κ1) is 16.4. The second kappa shape index (κ2) is 7.39. The second-order valence-corrected chi connectivity index (χ2v) is 5.99. The SMILES string of the molecule is CC[C@@H](Nc1nnnn1-c1ccccc1)C(=O)N1CCN[C@H](C)C1. The normalized spacial score (nSPS) is 19.1. The van der Waals surface area contributed by atoms with Gasteiger partial charge in [-0.25, -0.2) is 0 Å². The third-order valence-corrected chi connectivity index (χ3v) is 4.16. The van der Waals surface area contributed by atoms with E-state index in [0.717, 1.165) is 25.3 Å². The number of nitrogens with zero attached hydrogens (tertiary/aromatic N) is 5. The van der Waals surface area contributed by atoms with Gasteiger partial charge in [0.1, 0.15) is 6.04 Å². The smallest absolute Gasteiger partial charge is 0.248 e. The number of hydrogen-bond acceptors (Lipinski definition) is 6. The van der Waals surface area contributed by atoms with Crippen LogP contribution in [-0.4, -0.2) is 62.7 Å². The topological polar surface area (TPSA) is 88.0 Å². The second-order valence-electron chi connectivity index (χ2n) is 5.99. The van der Waals surface area contributed by atoms with E-state index in [2.05, 4.69) is 33.1 Å². The van der Waals surface area contributed by atoms with E-state index < -0.39 is 0 Å². The standard InChI is InChI=1S/C16H23N7O/c1-3-14(15(24)22-10-9-17-12(2)11-22)18-16-19-20-21-23(16)13-7-5-4-6-8-13/h4-8,12,14,17H,3,9-11H2,1-2H3,(H,18,19,21)/t12-,14-/m1/s1. The van der Waals surface area contributed by atoms with Crippen molar-refractivity contribution in [2.75, 3.05) is 25.0 Å². The Bertz CT molecular complexity index is 672. The number of carbonyl (C=O) groups is 1.